The fourth-order valence-corrected chi connectivity index (χ4v) is 2.53. The standard InChI is InChI=1S/C13H27N/c1-5-10(2)11(3)14-12(4)13-8-6-7-9-13/h10-14H,5-9H2,1-4H3/t10?,11?,12-/m0/s1. The van der Waals surface area contributed by atoms with Crippen LogP contribution in [0.1, 0.15) is 59.8 Å². The van der Waals surface area contributed by atoms with E-state index in [1.165, 1.54) is 32.1 Å². The van der Waals surface area contributed by atoms with E-state index in [9.17, 15) is 0 Å². The fraction of sp³-hybridized carbons (Fsp3) is 1.00. The first-order valence-electron chi connectivity index (χ1n) is 6.41. The molecule has 0 amide bonds. The number of nitrogens with one attached hydrogen (secondary N) is 1. The molecular weight excluding hydrogens is 170 g/mol. The lowest BCUT2D eigenvalue weighted by Crippen LogP contribution is -2.41. The van der Waals surface area contributed by atoms with Crippen LogP contribution in [0.15, 0.2) is 0 Å². The average Bonchev–Trinajstić information content (AvgIpc) is 2.69. The lowest BCUT2D eigenvalue weighted by Gasteiger charge is -2.28. The van der Waals surface area contributed by atoms with E-state index in [2.05, 4.69) is 33.0 Å². The Hall–Kier alpha value is -0.0400. The normalized spacial score (nSPS) is 24.9. The molecule has 1 aliphatic rings. The highest BCUT2D eigenvalue weighted by atomic mass is 14.9. The molecule has 0 saturated heterocycles. The van der Waals surface area contributed by atoms with Crippen molar-refractivity contribution in [3.63, 3.8) is 0 Å². The van der Waals surface area contributed by atoms with Crippen molar-refractivity contribution in [2.24, 2.45) is 11.8 Å². The Morgan fingerprint density at radius 2 is 1.71 bits per heavy atom. The molecule has 0 aromatic heterocycles. The third kappa shape index (κ3) is 3.27. The van der Waals surface area contributed by atoms with Crippen LogP contribution in [0.3, 0.4) is 0 Å². The van der Waals surface area contributed by atoms with Crippen molar-refractivity contribution in [2.75, 3.05) is 0 Å². The van der Waals surface area contributed by atoms with Crippen LogP contribution in [-0.4, -0.2) is 12.1 Å². The molecule has 0 bridgehead atoms. The lowest BCUT2D eigenvalue weighted by molar-refractivity contribution is 0.299. The zero-order chi connectivity index (χ0) is 10.6. The van der Waals surface area contributed by atoms with Gasteiger partial charge in [0.15, 0.2) is 0 Å². The highest BCUT2D eigenvalue weighted by Gasteiger charge is 2.23. The molecule has 1 nitrogen and oxygen atoms in total. The van der Waals surface area contributed by atoms with Gasteiger partial charge in [-0.3, -0.25) is 0 Å². The third-order valence-electron chi connectivity index (χ3n) is 4.13. The maximum atomic E-state index is 3.77. The Morgan fingerprint density at radius 1 is 1.14 bits per heavy atom. The van der Waals surface area contributed by atoms with Crippen LogP contribution in [0.4, 0.5) is 0 Å². The summed E-state index contributed by atoms with van der Waals surface area (Å²) < 4.78 is 0. The first-order chi connectivity index (χ1) is 6.65. The van der Waals surface area contributed by atoms with Crippen LogP contribution < -0.4 is 5.32 Å². The van der Waals surface area contributed by atoms with Crippen molar-refractivity contribution in [3.8, 4) is 0 Å². The van der Waals surface area contributed by atoms with Crippen molar-refractivity contribution in [1.82, 2.24) is 5.32 Å². The molecule has 84 valence electrons. The molecule has 1 saturated carbocycles. The van der Waals surface area contributed by atoms with Crippen LogP contribution in [0.5, 0.6) is 0 Å². The largest absolute Gasteiger partial charge is 0.311 e. The topological polar surface area (TPSA) is 12.0 Å². The van der Waals surface area contributed by atoms with Gasteiger partial charge in [-0.1, -0.05) is 33.1 Å². The van der Waals surface area contributed by atoms with Crippen molar-refractivity contribution in [3.05, 3.63) is 0 Å². The van der Waals surface area contributed by atoms with Crippen LogP contribution in [0.2, 0.25) is 0 Å². The summed E-state index contributed by atoms with van der Waals surface area (Å²) in [4.78, 5) is 0. The monoisotopic (exact) mass is 197 g/mol. The summed E-state index contributed by atoms with van der Waals surface area (Å²) in [5.41, 5.74) is 0. The highest BCUT2D eigenvalue weighted by molar-refractivity contribution is 4.80. The Balaban J connectivity index is 2.27. The molecule has 0 aromatic carbocycles. The summed E-state index contributed by atoms with van der Waals surface area (Å²) in [6, 6.07) is 1.40. The minimum Gasteiger partial charge on any atom is -0.311 e. The van der Waals surface area contributed by atoms with Gasteiger partial charge in [0.2, 0.25) is 0 Å². The average molecular weight is 197 g/mol. The molecule has 0 aromatic rings. The Bertz CT molecular complexity index is 149. The van der Waals surface area contributed by atoms with E-state index in [4.69, 9.17) is 0 Å². The van der Waals surface area contributed by atoms with Crippen LogP contribution in [0.25, 0.3) is 0 Å². The zero-order valence-electron chi connectivity index (χ0n) is 10.3. The molecule has 3 atom stereocenters. The van der Waals surface area contributed by atoms with E-state index in [0.717, 1.165) is 17.9 Å². The predicted molar refractivity (Wildman–Crippen MR) is 63.5 cm³/mol. The van der Waals surface area contributed by atoms with E-state index in [1.54, 1.807) is 0 Å². The van der Waals surface area contributed by atoms with Gasteiger partial charge >= 0.3 is 0 Å². The Labute approximate surface area is 89.7 Å². The molecule has 0 radical (unpaired) electrons. The van der Waals surface area contributed by atoms with Crippen LogP contribution >= 0.6 is 0 Å². The molecule has 1 N–H and O–H groups in total. The summed E-state index contributed by atoms with van der Waals surface area (Å²) in [5.74, 6) is 1.75. The van der Waals surface area contributed by atoms with Gasteiger partial charge in [-0.25, -0.2) is 0 Å². The molecule has 1 fully saturated rings. The Morgan fingerprint density at radius 3 is 2.21 bits per heavy atom. The second kappa shape index (κ2) is 5.75. The Kier molecular flexibility index (Phi) is 4.94. The lowest BCUT2D eigenvalue weighted by atomic mass is 9.95. The van der Waals surface area contributed by atoms with E-state index >= 15 is 0 Å². The molecule has 0 aliphatic heterocycles. The molecule has 1 aliphatic carbocycles. The van der Waals surface area contributed by atoms with Crippen LogP contribution in [0, 0.1) is 11.8 Å². The van der Waals surface area contributed by atoms with E-state index < -0.39 is 0 Å². The van der Waals surface area contributed by atoms with Gasteiger partial charge in [0.1, 0.15) is 0 Å². The quantitative estimate of drug-likeness (QED) is 0.710. The first kappa shape index (κ1) is 12.0. The SMILES string of the molecule is CCC(C)C(C)N[C@@H](C)C1CCCC1. The minimum absolute atomic E-state index is 0.676. The molecule has 2 unspecified atom stereocenters. The number of hydrogen-bond acceptors (Lipinski definition) is 1. The van der Waals surface area contributed by atoms with Crippen molar-refractivity contribution in [1.29, 1.82) is 0 Å². The van der Waals surface area contributed by atoms with Gasteiger partial charge in [0, 0.05) is 12.1 Å². The van der Waals surface area contributed by atoms with E-state index in [-0.39, 0.29) is 0 Å². The molecule has 1 heteroatoms. The summed E-state index contributed by atoms with van der Waals surface area (Å²) in [7, 11) is 0. The second-order valence-electron chi connectivity index (χ2n) is 5.17. The summed E-state index contributed by atoms with van der Waals surface area (Å²) in [6.07, 6.45) is 7.08. The van der Waals surface area contributed by atoms with Gasteiger partial charge in [-0.2, -0.15) is 0 Å². The summed E-state index contributed by atoms with van der Waals surface area (Å²) >= 11 is 0. The molecule has 14 heavy (non-hydrogen) atoms. The van der Waals surface area contributed by atoms with Gasteiger partial charge < -0.3 is 5.32 Å². The maximum Gasteiger partial charge on any atom is 0.00695 e. The highest BCUT2D eigenvalue weighted by Crippen LogP contribution is 2.28. The van der Waals surface area contributed by atoms with Crippen molar-refractivity contribution < 1.29 is 0 Å². The zero-order valence-corrected chi connectivity index (χ0v) is 10.3. The molecule has 0 spiro atoms. The third-order valence-corrected chi connectivity index (χ3v) is 4.13. The molecule has 0 heterocycles. The van der Waals surface area contributed by atoms with E-state index in [1.807, 2.05) is 0 Å². The van der Waals surface area contributed by atoms with Gasteiger partial charge in [-0.15, -0.1) is 0 Å². The van der Waals surface area contributed by atoms with Gasteiger partial charge in [0.25, 0.3) is 0 Å². The second-order valence-corrected chi connectivity index (χ2v) is 5.17. The minimum atomic E-state index is 0.676. The fourth-order valence-electron chi connectivity index (χ4n) is 2.53. The van der Waals surface area contributed by atoms with Gasteiger partial charge in [-0.05, 0) is 38.5 Å². The molecule has 1 rings (SSSR count). The van der Waals surface area contributed by atoms with Crippen molar-refractivity contribution >= 4 is 0 Å². The first-order valence-corrected chi connectivity index (χ1v) is 6.41. The van der Waals surface area contributed by atoms with Crippen molar-refractivity contribution in [2.45, 2.75) is 71.9 Å². The van der Waals surface area contributed by atoms with Gasteiger partial charge in [0.05, 0.1) is 0 Å². The maximum absolute atomic E-state index is 3.77. The predicted octanol–water partition coefficient (Wildman–Crippen LogP) is 3.59. The smallest absolute Gasteiger partial charge is 0.00695 e. The summed E-state index contributed by atoms with van der Waals surface area (Å²) in [6.45, 7) is 9.33. The van der Waals surface area contributed by atoms with Crippen LogP contribution in [-0.2, 0) is 0 Å². The summed E-state index contributed by atoms with van der Waals surface area (Å²) in [5, 5.41) is 3.77. The van der Waals surface area contributed by atoms with E-state index in [0.29, 0.717) is 6.04 Å². The molecular formula is C13H27N. The number of hydrogen-bond donors (Lipinski definition) is 1. The number of rotatable bonds is 5.